The van der Waals surface area contributed by atoms with Gasteiger partial charge in [-0.25, -0.2) is 9.97 Å². The molecular weight excluding hydrogens is 280 g/mol. The van der Waals surface area contributed by atoms with Crippen molar-refractivity contribution in [2.45, 2.75) is 0 Å². The molecule has 7 heteroatoms. The number of carbonyl (C=O) groups excluding carboxylic acids is 1. The first-order valence-electron chi connectivity index (χ1n) is 4.80. The third kappa shape index (κ3) is 2.94. The summed E-state index contributed by atoms with van der Waals surface area (Å²) in [6.45, 7) is 0. The Bertz CT molecular complexity index is 589. The van der Waals surface area contributed by atoms with E-state index in [1.807, 2.05) is 0 Å². The van der Waals surface area contributed by atoms with Crippen LogP contribution in [0.4, 0.5) is 10.1 Å². The molecule has 2 aromatic rings. The number of pyridine rings is 2. The molecule has 2 heterocycles. The fraction of sp³-hybridized carbons (Fsp3) is 0. The van der Waals surface area contributed by atoms with E-state index in [9.17, 15) is 9.18 Å². The van der Waals surface area contributed by atoms with Crippen LogP contribution < -0.4 is 5.32 Å². The summed E-state index contributed by atoms with van der Waals surface area (Å²) < 4.78 is 12.6. The molecule has 2 rings (SSSR count). The second-order valence-electron chi connectivity index (χ2n) is 3.31. The average molecular weight is 286 g/mol. The summed E-state index contributed by atoms with van der Waals surface area (Å²) in [7, 11) is 0. The van der Waals surface area contributed by atoms with Gasteiger partial charge in [0.05, 0.1) is 22.5 Å². The predicted molar refractivity (Wildman–Crippen MR) is 66.4 cm³/mol. The second kappa shape index (κ2) is 5.29. The van der Waals surface area contributed by atoms with Gasteiger partial charge in [-0.15, -0.1) is 0 Å². The van der Waals surface area contributed by atoms with E-state index in [1.54, 1.807) is 0 Å². The molecule has 0 radical (unpaired) electrons. The van der Waals surface area contributed by atoms with Crippen LogP contribution in [0.5, 0.6) is 0 Å². The molecule has 0 spiro atoms. The fourth-order valence-electron chi connectivity index (χ4n) is 1.24. The van der Waals surface area contributed by atoms with E-state index < -0.39 is 11.9 Å². The number of anilines is 1. The molecule has 0 aliphatic rings. The van der Waals surface area contributed by atoms with Gasteiger partial charge in [0.15, 0.2) is 0 Å². The Morgan fingerprint density at radius 2 is 2.00 bits per heavy atom. The van der Waals surface area contributed by atoms with Gasteiger partial charge >= 0.3 is 0 Å². The minimum atomic E-state index is -0.627. The van der Waals surface area contributed by atoms with Gasteiger partial charge in [0.25, 0.3) is 5.91 Å². The molecule has 0 atom stereocenters. The average Bonchev–Trinajstić information content (AvgIpc) is 2.35. The molecule has 0 saturated carbocycles. The standard InChI is InChI=1S/C11H6Cl2FN3O/c12-8-5-15-9(13)3-7(8)11(18)17-6-1-2-10(14)16-4-6/h1-5H,(H,17,18). The van der Waals surface area contributed by atoms with Crippen molar-refractivity contribution in [3.63, 3.8) is 0 Å². The molecule has 2 aromatic heterocycles. The Morgan fingerprint density at radius 3 is 2.67 bits per heavy atom. The Morgan fingerprint density at radius 1 is 1.22 bits per heavy atom. The molecule has 1 N–H and O–H groups in total. The van der Waals surface area contributed by atoms with Gasteiger partial charge in [-0.2, -0.15) is 4.39 Å². The van der Waals surface area contributed by atoms with E-state index >= 15 is 0 Å². The highest BCUT2D eigenvalue weighted by atomic mass is 35.5. The highest BCUT2D eigenvalue weighted by molar-refractivity contribution is 6.35. The third-order valence-corrected chi connectivity index (χ3v) is 2.56. The summed E-state index contributed by atoms with van der Waals surface area (Å²) in [6, 6.07) is 3.86. The Kier molecular flexibility index (Phi) is 3.74. The van der Waals surface area contributed by atoms with Crippen LogP contribution in [-0.2, 0) is 0 Å². The van der Waals surface area contributed by atoms with Gasteiger partial charge in [0, 0.05) is 6.20 Å². The minimum absolute atomic E-state index is 0.154. The van der Waals surface area contributed by atoms with Crippen molar-refractivity contribution in [2.24, 2.45) is 0 Å². The van der Waals surface area contributed by atoms with Crippen LogP contribution in [0, 0.1) is 5.95 Å². The monoisotopic (exact) mass is 285 g/mol. The molecule has 18 heavy (non-hydrogen) atoms. The number of hydrogen-bond acceptors (Lipinski definition) is 3. The maximum Gasteiger partial charge on any atom is 0.257 e. The number of aromatic nitrogens is 2. The Balaban J connectivity index is 2.21. The van der Waals surface area contributed by atoms with Gasteiger partial charge in [-0.05, 0) is 18.2 Å². The Labute approximate surface area is 112 Å². The zero-order valence-corrected chi connectivity index (χ0v) is 10.3. The van der Waals surface area contributed by atoms with E-state index in [-0.39, 0.29) is 15.7 Å². The van der Waals surface area contributed by atoms with Crippen molar-refractivity contribution in [1.82, 2.24) is 9.97 Å². The van der Waals surface area contributed by atoms with E-state index in [4.69, 9.17) is 23.2 Å². The van der Waals surface area contributed by atoms with Crippen LogP contribution in [0.3, 0.4) is 0 Å². The molecule has 0 aliphatic heterocycles. The molecule has 0 bridgehead atoms. The number of nitrogens with zero attached hydrogens (tertiary/aromatic N) is 2. The predicted octanol–water partition coefficient (Wildman–Crippen LogP) is 3.17. The normalized spacial score (nSPS) is 10.2. The highest BCUT2D eigenvalue weighted by Gasteiger charge is 2.12. The maximum absolute atomic E-state index is 12.6. The van der Waals surface area contributed by atoms with Crippen LogP contribution in [0.2, 0.25) is 10.2 Å². The first-order valence-corrected chi connectivity index (χ1v) is 5.56. The molecule has 92 valence electrons. The summed E-state index contributed by atoms with van der Waals surface area (Å²) in [5.74, 6) is -1.10. The fourth-order valence-corrected chi connectivity index (χ4v) is 1.58. The van der Waals surface area contributed by atoms with E-state index in [0.29, 0.717) is 5.69 Å². The van der Waals surface area contributed by atoms with Gasteiger partial charge in [0.1, 0.15) is 5.15 Å². The van der Waals surface area contributed by atoms with Crippen molar-refractivity contribution >= 4 is 34.8 Å². The summed E-state index contributed by atoms with van der Waals surface area (Å²) in [5.41, 5.74) is 0.534. The molecular formula is C11H6Cl2FN3O. The van der Waals surface area contributed by atoms with Gasteiger partial charge in [0.2, 0.25) is 5.95 Å². The quantitative estimate of drug-likeness (QED) is 0.863. The SMILES string of the molecule is O=C(Nc1ccc(F)nc1)c1cc(Cl)ncc1Cl. The molecule has 0 aliphatic carbocycles. The first-order chi connectivity index (χ1) is 8.56. The number of nitrogens with one attached hydrogen (secondary N) is 1. The van der Waals surface area contributed by atoms with Crippen molar-refractivity contribution in [2.75, 3.05) is 5.32 Å². The lowest BCUT2D eigenvalue weighted by molar-refractivity contribution is 0.102. The van der Waals surface area contributed by atoms with Gasteiger partial charge in [-0.1, -0.05) is 23.2 Å². The van der Waals surface area contributed by atoms with E-state index in [2.05, 4.69) is 15.3 Å². The zero-order valence-electron chi connectivity index (χ0n) is 8.82. The lowest BCUT2D eigenvalue weighted by Crippen LogP contribution is -2.13. The topological polar surface area (TPSA) is 54.9 Å². The van der Waals surface area contributed by atoms with Gasteiger partial charge < -0.3 is 5.32 Å². The molecule has 0 saturated heterocycles. The molecule has 0 fully saturated rings. The molecule has 1 amide bonds. The third-order valence-electron chi connectivity index (χ3n) is 2.05. The van der Waals surface area contributed by atoms with Crippen molar-refractivity contribution in [1.29, 1.82) is 0 Å². The number of halogens is 3. The largest absolute Gasteiger partial charge is 0.321 e. The molecule has 0 unspecified atom stereocenters. The number of carbonyl (C=O) groups is 1. The van der Waals surface area contributed by atoms with Crippen molar-refractivity contribution in [3.8, 4) is 0 Å². The van der Waals surface area contributed by atoms with Crippen LogP contribution in [0.25, 0.3) is 0 Å². The lowest BCUT2D eigenvalue weighted by atomic mass is 10.2. The van der Waals surface area contributed by atoms with Crippen molar-refractivity contribution in [3.05, 3.63) is 52.3 Å². The van der Waals surface area contributed by atoms with Crippen LogP contribution in [0.15, 0.2) is 30.6 Å². The second-order valence-corrected chi connectivity index (χ2v) is 4.11. The zero-order chi connectivity index (χ0) is 13.1. The van der Waals surface area contributed by atoms with Crippen molar-refractivity contribution < 1.29 is 9.18 Å². The smallest absolute Gasteiger partial charge is 0.257 e. The van der Waals surface area contributed by atoms with Crippen LogP contribution in [-0.4, -0.2) is 15.9 Å². The summed E-state index contributed by atoms with van der Waals surface area (Å²) in [5, 5.41) is 2.84. The lowest BCUT2D eigenvalue weighted by Gasteiger charge is -2.06. The number of amides is 1. The van der Waals surface area contributed by atoms with Gasteiger partial charge in [-0.3, -0.25) is 4.79 Å². The highest BCUT2D eigenvalue weighted by Crippen LogP contribution is 2.19. The summed E-state index contributed by atoms with van der Waals surface area (Å²) in [4.78, 5) is 19.0. The van der Waals surface area contributed by atoms with Crippen LogP contribution >= 0.6 is 23.2 Å². The van der Waals surface area contributed by atoms with E-state index in [0.717, 1.165) is 6.07 Å². The maximum atomic E-state index is 12.6. The first kappa shape index (κ1) is 12.7. The number of hydrogen-bond donors (Lipinski definition) is 1. The minimum Gasteiger partial charge on any atom is -0.321 e. The van der Waals surface area contributed by atoms with Crippen LogP contribution in [0.1, 0.15) is 10.4 Å². The number of rotatable bonds is 2. The molecule has 0 aromatic carbocycles. The summed E-state index contributed by atoms with van der Waals surface area (Å²) >= 11 is 11.5. The Hall–Kier alpha value is -1.72. The molecule has 4 nitrogen and oxygen atoms in total. The van der Waals surface area contributed by atoms with E-state index in [1.165, 1.54) is 24.5 Å². The summed E-state index contributed by atoms with van der Waals surface area (Å²) in [6.07, 6.45) is 2.48.